The van der Waals surface area contributed by atoms with Gasteiger partial charge in [0.15, 0.2) is 0 Å². The molecule has 0 saturated heterocycles. The van der Waals surface area contributed by atoms with Crippen molar-refractivity contribution in [3.05, 3.63) is 51.9 Å². The summed E-state index contributed by atoms with van der Waals surface area (Å²) in [7, 11) is 0. The number of ether oxygens (including phenoxy) is 1. The molecule has 0 spiro atoms. The van der Waals surface area contributed by atoms with Crippen molar-refractivity contribution in [2.45, 2.75) is 58.8 Å². The molecule has 1 aliphatic rings. The number of benzene rings is 1. The van der Waals surface area contributed by atoms with E-state index in [0.717, 1.165) is 37.7 Å². The highest BCUT2D eigenvalue weighted by Crippen LogP contribution is 2.43. The van der Waals surface area contributed by atoms with Gasteiger partial charge in [-0.15, -0.1) is 11.3 Å². The zero-order chi connectivity index (χ0) is 20.1. The molecule has 2 atom stereocenters. The zero-order valence-electron chi connectivity index (χ0n) is 16.9. The summed E-state index contributed by atoms with van der Waals surface area (Å²) in [6.45, 7) is 6.14. The average molecular weight is 400 g/mol. The number of carbonyl (C=O) groups excluding carboxylic acids is 2. The van der Waals surface area contributed by atoms with Crippen molar-refractivity contribution in [3.8, 4) is 0 Å². The molecule has 3 rings (SSSR count). The van der Waals surface area contributed by atoms with Crippen LogP contribution in [-0.2, 0) is 22.4 Å². The standard InChI is InChI=1S/C23H29NO3S/c1-4-9-15(3)21(25)24-22-20(23(26)27-5-2)18-13-12-17(14-19(18)28-22)16-10-7-6-8-11-16/h6-8,10-11,15,17H,4-5,9,12-14H2,1-3H3,(H,24,25). The largest absolute Gasteiger partial charge is 0.462 e. The normalized spacial score (nSPS) is 16.9. The Bertz CT molecular complexity index is 828. The zero-order valence-corrected chi connectivity index (χ0v) is 17.7. The Labute approximate surface area is 171 Å². The van der Waals surface area contributed by atoms with Gasteiger partial charge in [-0.25, -0.2) is 4.79 Å². The van der Waals surface area contributed by atoms with E-state index in [4.69, 9.17) is 4.74 Å². The van der Waals surface area contributed by atoms with Crippen LogP contribution in [0.4, 0.5) is 5.00 Å². The fourth-order valence-electron chi connectivity index (χ4n) is 3.90. The van der Waals surface area contributed by atoms with E-state index in [1.54, 1.807) is 11.3 Å². The maximum absolute atomic E-state index is 12.7. The van der Waals surface area contributed by atoms with E-state index in [9.17, 15) is 9.59 Å². The van der Waals surface area contributed by atoms with Gasteiger partial charge < -0.3 is 10.1 Å². The molecule has 1 heterocycles. The maximum atomic E-state index is 12.7. The molecule has 5 heteroatoms. The van der Waals surface area contributed by atoms with Crippen molar-refractivity contribution in [2.24, 2.45) is 5.92 Å². The van der Waals surface area contributed by atoms with Gasteiger partial charge in [0, 0.05) is 10.8 Å². The molecule has 0 fully saturated rings. The fraction of sp³-hybridized carbons (Fsp3) is 0.478. The van der Waals surface area contributed by atoms with E-state index in [0.29, 0.717) is 23.1 Å². The minimum Gasteiger partial charge on any atom is -0.462 e. The van der Waals surface area contributed by atoms with Crippen molar-refractivity contribution in [2.75, 3.05) is 11.9 Å². The molecule has 1 aliphatic carbocycles. The molecule has 4 nitrogen and oxygen atoms in total. The maximum Gasteiger partial charge on any atom is 0.341 e. The molecule has 1 N–H and O–H groups in total. The second kappa shape index (κ2) is 9.37. The second-order valence-electron chi connectivity index (χ2n) is 7.46. The van der Waals surface area contributed by atoms with Crippen molar-refractivity contribution in [1.29, 1.82) is 0 Å². The minimum absolute atomic E-state index is 0.0226. The first-order valence-electron chi connectivity index (χ1n) is 10.2. The van der Waals surface area contributed by atoms with Crippen LogP contribution in [-0.4, -0.2) is 18.5 Å². The lowest BCUT2D eigenvalue weighted by atomic mass is 9.83. The van der Waals surface area contributed by atoms with E-state index in [-0.39, 0.29) is 17.8 Å². The smallest absolute Gasteiger partial charge is 0.341 e. The highest BCUT2D eigenvalue weighted by molar-refractivity contribution is 7.17. The highest BCUT2D eigenvalue weighted by Gasteiger charge is 2.31. The molecule has 28 heavy (non-hydrogen) atoms. The van der Waals surface area contributed by atoms with Crippen molar-refractivity contribution in [3.63, 3.8) is 0 Å². The van der Waals surface area contributed by atoms with Gasteiger partial charge in [-0.2, -0.15) is 0 Å². The van der Waals surface area contributed by atoms with Crippen LogP contribution in [0.1, 0.15) is 72.3 Å². The quantitative estimate of drug-likeness (QED) is 0.619. The average Bonchev–Trinajstić information content (AvgIpc) is 3.06. The van der Waals surface area contributed by atoms with Gasteiger partial charge >= 0.3 is 5.97 Å². The molecule has 0 saturated carbocycles. The number of hydrogen-bond acceptors (Lipinski definition) is 4. The van der Waals surface area contributed by atoms with Crippen LogP contribution in [0.3, 0.4) is 0 Å². The van der Waals surface area contributed by atoms with E-state index in [1.807, 2.05) is 19.9 Å². The lowest BCUT2D eigenvalue weighted by Gasteiger charge is -2.23. The monoisotopic (exact) mass is 399 g/mol. The topological polar surface area (TPSA) is 55.4 Å². The van der Waals surface area contributed by atoms with Gasteiger partial charge in [0.1, 0.15) is 5.00 Å². The Balaban J connectivity index is 1.89. The first-order chi connectivity index (χ1) is 13.5. The number of nitrogens with one attached hydrogen (secondary N) is 1. The van der Waals surface area contributed by atoms with Crippen LogP contribution in [0.5, 0.6) is 0 Å². The van der Waals surface area contributed by atoms with E-state index in [1.165, 1.54) is 10.4 Å². The van der Waals surface area contributed by atoms with Gasteiger partial charge in [-0.05, 0) is 49.7 Å². The predicted octanol–water partition coefficient (Wildman–Crippen LogP) is 5.57. The van der Waals surface area contributed by atoms with Crippen molar-refractivity contribution < 1.29 is 14.3 Å². The molecular formula is C23H29NO3S. The number of fused-ring (bicyclic) bond motifs is 1. The second-order valence-corrected chi connectivity index (χ2v) is 8.56. The predicted molar refractivity (Wildman–Crippen MR) is 114 cm³/mol. The summed E-state index contributed by atoms with van der Waals surface area (Å²) in [5.41, 5.74) is 2.97. The molecule has 0 aliphatic heterocycles. The van der Waals surface area contributed by atoms with Crippen LogP contribution in [0.15, 0.2) is 30.3 Å². The number of amides is 1. The molecule has 150 valence electrons. The molecular weight excluding hydrogens is 370 g/mol. The van der Waals surface area contributed by atoms with Crippen molar-refractivity contribution >= 4 is 28.2 Å². The molecule has 0 radical (unpaired) electrons. The lowest BCUT2D eigenvalue weighted by molar-refractivity contribution is -0.119. The van der Waals surface area contributed by atoms with Gasteiger partial charge in [-0.3, -0.25) is 4.79 Å². The van der Waals surface area contributed by atoms with Crippen LogP contribution in [0.2, 0.25) is 0 Å². The SMILES string of the molecule is CCCC(C)C(=O)Nc1sc2c(c1C(=O)OCC)CCC(c1ccccc1)C2. The number of rotatable bonds is 7. The Hall–Kier alpha value is -2.14. The van der Waals surface area contributed by atoms with E-state index in [2.05, 4.69) is 36.5 Å². The third kappa shape index (κ3) is 4.46. The number of hydrogen-bond donors (Lipinski definition) is 1. The Kier molecular flexibility index (Phi) is 6.89. The van der Waals surface area contributed by atoms with Crippen LogP contribution in [0, 0.1) is 5.92 Å². The van der Waals surface area contributed by atoms with Gasteiger partial charge in [0.05, 0.1) is 12.2 Å². The minimum atomic E-state index is -0.323. The summed E-state index contributed by atoms with van der Waals surface area (Å²) in [5, 5.41) is 3.68. The molecule has 1 aromatic carbocycles. The fourth-order valence-corrected chi connectivity index (χ4v) is 5.22. The van der Waals surface area contributed by atoms with Crippen LogP contribution < -0.4 is 5.32 Å². The Morgan fingerprint density at radius 2 is 2.00 bits per heavy atom. The molecule has 1 aromatic heterocycles. The van der Waals surface area contributed by atoms with Crippen LogP contribution in [0.25, 0.3) is 0 Å². The molecule has 1 amide bonds. The van der Waals surface area contributed by atoms with Gasteiger partial charge in [0.25, 0.3) is 0 Å². The number of thiophene rings is 1. The van der Waals surface area contributed by atoms with E-state index >= 15 is 0 Å². The first-order valence-corrected chi connectivity index (χ1v) is 11.0. The lowest BCUT2D eigenvalue weighted by Crippen LogP contribution is -2.21. The Morgan fingerprint density at radius 1 is 1.25 bits per heavy atom. The summed E-state index contributed by atoms with van der Waals surface area (Å²) >= 11 is 1.55. The number of esters is 1. The molecule has 2 unspecified atom stereocenters. The van der Waals surface area contributed by atoms with Crippen molar-refractivity contribution in [1.82, 2.24) is 0 Å². The summed E-state index contributed by atoms with van der Waals surface area (Å²) in [6, 6.07) is 10.5. The Morgan fingerprint density at radius 3 is 2.68 bits per heavy atom. The van der Waals surface area contributed by atoms with E-state index < -0.39 is 0 Å². The number of carbonyl (C=O) groups is 2. The summed E-state index contributed by atoms with van der Waals surface area (Å²) in [4.78, 5) is 26.4. The summed E-state index contributed by atoms with van der Waals surface area (Å²) in [6.07, 6.45) is 4.53. The van der Waals surface area contributed by atoms with Crippen LogP contribution >= 0.6 is 11.3 Å². The molecule has 2 aromatic rings. The summed E-state index contributed by atoms with van der Waals surface area (Å²) < 4.78 is 5.31. The van der Waals surface area contributed by atoms with Gasteiger partial charge in [-0.1, -0.05) is 50.6 Å². The third-order valence-corrected chi connectivity index (χ3v) is 6.59. The third-order valence-electron chi connectivity index (χ3n) is 5.42. The van der Waals surface area contributed by atoms with Gasteiger partial charge in [0.2, 0.25) is 5.91 Å². The number of anilines is 1. The first kappa shape index (κ1) is 20.6. The highest BCUT2D eigenvalue weighted by atomic mass is 32.1. The molecule has 0 bridgehead atoms. The summed E-state index contributed by atoms with van der Waals surface area (Å²) in [5.74, 6) is 0.0309.